The lowest BCUT2D eigenvalue weighted by molar-refractivity contribution is 0.166. The molecule has 3 N–H and O–H groups in total. The van der Waals surface area contributed by atoms with E-state index in [4.69, 9.17) is 5.73 Å². The first-order chi connectivity index (χ1) is 11.8. The van der Waals surface area contributed by atoms with Crippen molar-refractivity contribution >= 4 is 16.7 Å². The average molecular weight is 321 g/mol. The number of hydrogen-bond acceptors (Lipinski definition) is 4. The summed E-state index contributed by atoms with van der Waals surface area (Å²) >= 11 is 0. The Morgan fingerprint density at radius 1 is 1.21 bits per heavy atom. The molecular formula is C19H23N5. The molecule has 2 aromatic heterocycles. The Balaban J connectivity index is 1.42. The second kappa shape index (κ2) is 6.61. The van der Waals surface area contributed by atoms with Gasteiger partial charge in [0, 0.05) is 37.2 Å². The van der Waals surface area contributed by atoms with E-state index in [9.17, 15) is 0 Å². The molecule has 124 valence electrons. The molecule has 5 nitrogen and oxygen atoms in total. The van der Waals surface area contributed by atoms with E-state index < -0.39 is 0 Å². The molecule has 24 heavy (non-hydrogen) atoms. The van der Waals surface area contributed by atoms with Gasteiger partial charge in [-0.1, -0.05) is 6.07 Å². The Kier molecular flexibility index (Phi) is 4.17. The molecule has 0 spiro atoms. The molecule has 1 fully saturated rings. The third-order valence-electron chi connectivity index (χ3n) is 4.92. The minimum Gasteiger partial charge on any atom is -0.382 e. The third kappa shape index (κ3) is 3.26. The molecule has 1 atom stereocenters. The average Bonchev–Trinajstić information content (AvgIpc) is 3.05. The lowest BCUT2D eigenvalue weighted by Crippen LogP contribution is -2.36. The van der Waals surface area contributed by atoms with Crippen LogP contribution < -0.4 is 5.73 Å². The van der Waals surface area contributed by atoms with Crippen molar-refractivity contribution in [3.8, 4) is 0 Å². The topological polar surface area (TPSA) is 70.8 Å². The summed E-state index contributed by atoms with van der Waals surface area (Å²) in [7, 11) is 0. The lowest BCUT2D eigenvalue weighted by Gasteiger charge is -2.32. The van der Waals surface area contributed by atoms with Crippen LogP contribution in [0.3, 0.4) is 0 Å². The van der Waals surface area contributed by atoms with Crippen molar-refractivity contribution in [1.82, 2.24) is 19.9 Å². The number of H-pyrrole nitrogens is 1. The number of benzene rings is 1. The fraction of sp³-hybridized carbons (Fsp3) is 0.368. The third-order valence-corrected chi connectivity index (χ3v) is 4.92. The van der Waals surface area contributed by atoms with Gasteiger partial charge in [0.1, 0.15) is 5.82 Å². The fourth-order valence-corrected chi connectivity index (χ4v) is 3.73. The number of nitrogens with zero attached hydrogens (tertiary/aromatic N) is 3. The van der Waals surface area contributed by atoms with Crippen molar-refractivity contribution < 1.29 is 0 Å². The summed E-state index contributed by atoms with van der Waals surface area (Å²) in [6, 6.07) is 8.82. The molecule has 3 aromatic rings. The largest absolute Gasteiger partial charge is 0.382 e. The highest BCUT2D eigenvalue weighted by Crippen LogP contribution is 2.24. The van der Waals surface area contributed by atoms with Crippen LogP contribution in [0.25, 0.3) is 10.9 Å². The van der Waals surface area contributed by atoms with Crippen LogP contribution in [0, 0.1) is 5.92 Å². The number of nitrogen functional groups attached to an aromatic ring is 1. The van der Waals surface area contributed by atoms with Gasteiger partial charge in [-0.2, -0.15) is 0 Å². The van der Waals surface area contributed by atoms with Gasteiger partial charge in [-0.25, -0.2) is 4.98 Å². The molecule has 0 bridgehead atoms. The molecular weight excluding hydrogens is 298 g/mol. The summed E-state index contributed by atoms with van der Waals surface area (Å²) in [5.74, 6) is 1.18. The number of piperidine rings is 1. The Morgan fingerprint density at radius 3 is 3.04 bits per heavy atom. The van der Waals surface area contributed by atoms with Crippen LogP contribution >= 0.6 is 0 Å². The van der Waals surface area contributed by atoms with Crippen LogP contribution in [0.2, 0.25) is 0 Å². The SMILES string of the molecule is Nc1nccnc1C[C@@H]1CCCN(Cc2ccc3[nH]ccc3c2)C1. The minimum atomic E-state index is 0.576. The molecule has 5 heteroatoms. The first-order valence-electron chi connectivity index (χ1n) is 8.61. The molecule has 0 amide bonds. The number of anilines is 1. The molecule has 0 saturated carbocycles. The summed E-state index contributed by atoms with van der Waals surface area (Å²) in [6.07, 6.45) is 8.78. The number of fused-ring (bicyclic) bond motifs is 1. The smallest absolute Gasteiger partial charge is 0.145 e. The van der Waals surface area contributed by atoms with E-state index >= 15 is 0 Å². The van der Waals surface area contributed by atoms with E-state index in [1.54, 1.807) is 12.4 Å². The number of likely N-dealkylation sites (tertiary alicyclic amines) is 1. The number of nitrogens with two attached hydrogens (primary N) is 1. The van der Waals surface area contributed by atoms with E-state index in [1.807, 2.05) is 6.20 Å². The van der Waals surface area contributed by atoms with Crippen LogP contribution in [-0.4, -0.2) is 32.9 Å². The van der Waals surface area contributed by atoms with Crippen molar-refractivity contribution in [2.24, 2.45) is 5.92 Å². The molecule has 0 unspecified atom stereocenters. The van der Waals surface area contributed by atoms with Gasteiger partial charge in [0.25, 0.3) is 0 Å². The van der Waals surface area contributed by atoms with Crippen LogP contribution in [0.1, 0.15) is 24.1 Å². The van der Waals surface area contributed by atoms with Crippen molar-refractivity contribution in [1.29, 1.82) is 0 Å². The van der Waals surface area contributed by atoms with Gasteiger partial charge in [-0.15, -0.1) is 0 Å². The van der Waals surface area contributed by atoms with Crippen molar-refractivity contribution in [2.45, 2.75) is 25.8 Å². The predicted molar refractivity (Wildman–Crippen MR) is 96.4 cm³/mol. The maximum Gasteiger partial charge on any atom is 0.145 e. The lowest BCUT2D eigenvalue weighted by atomic mass is 9.93. The maximum atomic E-state index is 5.95. The van der Waals surface area contributed by atoms with Crippen LogP contribution in [-0.2, 0) is 13.0 Å². The highest BCUT2D eigenvalue weighted by Gasteiger charge is 2.21. The Bertz CT molecular complexity index is 825. The molecule has 1 saturated heterocycles. The molecule has 4 rings (SSSR count). The van der Waals surface area contributed by atoms with E-state index in [2.05, 4.69) is 44.1 Å². The first kappa shape index (κ1) is 15.1. The number of hydrogen-bond donors (Lipinski definition) is 2. The quantitative estimate of drug-likeness (QED) is 0.775. The standard InChI is InChI=1S/C19H23N5/c20-19-18(22-7-8-23-19)11-14-2-1-9-24(12-14)13-15-3-4-17-16(10-15)5-6-21-17/h3-8,10,14,21H,1-2,9,11-13H2,(H2,20,23)/t14-/m0/s1. The number of nitrogens with one attached hydrogen (secondary N) is 1. The zero-order valence-corrected chi connectivity index (χ0v) is 13.8. The number of aromatic amines is 1. The summed E-state index contributed by atoms with van der Waals surface area (Å²) in [5, 5.41) is 1.29. The minimum absolute atomic E-state index is 0.576. The molecule has 0 aliphatic carbocycles. The summed E-state index contributed by atoms with van der Waals surface area (Å²) < 4.78 is 0. The monoisotopic (exact) mass is 321 g/mol. The zero-order valence-electron chi connectivity index (χ0n) is 13.8. The van der Waals surface area contributed by atoms with Crippen LogP contribution in [0.5, 0.6) is 0 Å². The fourth-order valence-electron chi connectivity index (χ4n) is 3.73. The molecule has 0 radical (unpaired) electrons. The van der Waals surface area contributed by atoms with E-state index in [1.165, 1.54) is 29.3 Å². The van der Waals surface area contributed by atoms with Gasteiger partial charge in [0.15, 0.2) is 0 Å². The Labute approximate surface area is 141 Å². The molecule has 1 aliphatic heterocycles. The first-order valence-corrected chi connectivity index (χ1v) is 8.61. The van der Waals surface area contributed by atoms with E-state index in [-0.39, 0.29) is 0 Å². The van der Waals surface area contributed by atoms with Gasteiger partial charge in [0.2, 0.25) is 0 Å². The highest BCUT2D eigenvalue weighted by molar-refractivity contribution is 5.79. The van der Waals surface area contributed by atoms with Crippen molar-refractivity contribution in [3.63, 3.8) is 0 Å². The summed E-state index contributed by atoms with van der Waals surface area (Å²) in [5.41, 5.74) is 9.47. The Hall–Kier alpha value is -2.40. The zero-order chi connectivity index (χ0) is 16.4. The highest BCUT2D eigenvalue weighted by atomic mass is 15.1. The maximum absolute atomic E-state index is 5.95. The van der Waals surface area contributed by atoms with Crippen LogP contribution in [0.15, 0.2) is 42.9 Å². The molecule has 1 aliphatic rings. The van der Waals surface area contributed by atoms with Gasteiger partial charge < -0.3 is 10.7 Å². The van der Waals surface area contributed by atoms with E-state index in [0.29, 0.717) is 11.7 Å². The van der Waals surface area contributed by atoms with E-state index in [0.717, 1.165) is 31.7 Å². The van der Waals surface area contributed by atoms with Gasteiger partial charge in [0.05, 0.1) is 5.69 Å². The Morgan fingerprint density at radius 2 is 2.12 bits per heavy atom. The number of rotatable bonds is 4. The van der Waals surface area contributed by atoms with Gasteiger partial charge >= 0.3 is 0 Å². The van der Waals surface area contributed by atoms with Gasteiger partial charge in [-0.05, 0) is 60.9 Å². The predicted octanol–water partition coefficient (Wildman–Crippen LogP) is 2.99. The second-order valence-electron chi connectivity index (χ2n) is 6.74. The molecule has 3 heterocycles. The summed E-state index contributed by atoms with van der Waals surface area (Å²) in [4.78, 5) is 14.4. The summed E-state index contributed by atoms with van der Waals surface area (Å²) in [6.45, 7) is 3.27. The second-order valence-corrected chi connectivity index (χ2v) is 6.74. The van der Waals surface area contributed by atoms with Gasteiger partial charge in [-0.3, -0.25) is 9.88 Å². The molecule has 1 aromatic carbocycles. The normalized spacial score (nSPS) is 18.9. The van der Waals surface area contributed by atoms with Crippen molar-refractivity contribution in [2.75, 3.05) is 18.8 Å². The van der Waals surface area contributed by atoms with Crippen LogP contribution in [0.4, 0.5) is 5.82 Å². The van der Waals surface area contributed by atoms with Crippen molar-refractivity contribution in [3.05, 3.63) is 54.1 Å². The number of aromatic nitrogens is 3.